The van der Waals surface area contributed by atoms with Gasteiger partial charge in [0.1, 0.15) is 0 Å². The molecule has 136 valence electrons. The van der Waals surface area contributed by atoms with Crippen LogP contribution in [0.4, 0.5) is 5.13 Å². The summed E-state index contributed by atoms with van der Waals surface area (Å²) in [6.07, 6.45) is 0. The number of benzene rings is 1. The number of thiophene rings is 1. The van der Waals surface area contributed by atoms with Crippen molar-refractivity contribution in [2.24, 2.45) is 0 Å². The summed E-state index contributed by atoms with van der Waals surface area (Å²) in [7, 11) is 4.51. The highest BCUT2D eigenvalue weighted by Gasteiger charge is 2.23. The van der Waals surface area contributed by atoms with Gasteiger partial charge in [0.05, 0.1) is 41.9 Å². The molecule has 0 aliphatic carbocycles. The van der Waals surface area contributed by atoms with E-state index in [1.165, 1.54) is 32.7 Å². The quantitative estimate of drug-likeness (QED) is 0.572. The molecule has 9 heteroatoms. The first-order valence-electron chi connectivity index (χ1n) is 7.38. The molecule has 26 heavy (non-hydrogen) atoms. The van der Waals surface area contributed by atoms with Gasteiger partial charge in [0.25, 0.3) is 5.91 Å². The molecule has 0 spiro atoms. The van der Waals surface area contributed by atoms with E-state index in [0.29, 0.717) is 32.4 Å². The van der Waals surface area contributed by atoms with E-state index < -0.39 is 0 Å². The predicted molar refractivity (Wildman–Crippen MR) is 107 cm³/mol. The van der Waals surface area contributed by atoms with Crippen LogP contribution in [0.25, 0.3) is 10.6 Å². The molecule has 1 N–H and O–H groups in total. The highest BCUT2D eigenvalue weighted by Crippen LogP contribution is 2.45. The topological polar surface area (TPSA) is 69.7 Å². The summed E-state index contributed by atoms with van der Waals surface area (Å²) in [6.45, 7) is 0. The van der Waals surface area contributed by atoms with Crippen molar-refractivity contribution in [3.05, 3.63) is 39.0 Å². The maximum Gasteiger partial charge on any atom is 0.258 e. The lowest BCUT2D eigenvalue weighted by atomic mass is 10.1. The minimum Gasteiger partial charge on any atom is -0.493 e. The molecule has 6 nitrogen and oxygen atoms in total. The van der Waals surface area contributed by atoms with Gasteiger partial charge < -0.3 is 14.2 Å². The van der Waals surface area contributed by atoms with Crippen molar-refractivity contribution in [3.63, 3.8) is 0 Å². The van der Waals surface area contributed by atoms with Gasteiger partial charge in [-0.3, -0.25) is 10.1 Å². The van der Waals surface area contributed by atoms with Gasteiger partial charge in [-0.1, -0.05) is 6.07 Å². The number of nitrogens with one attached hydrogen (secondary N) is 1. The molecule has 2 aromatic heterocycles. The molecule has 0 saturated heterocycles. The minimum atomic E-state index is -0.330. The Bertz CT molecular complexity index is 925. The van der Waals surface area contributed by atoms with Crippen LogP contribution in [-0.4, -0.2) is 32.2 Å². The number of anilines is 1. The smallest absolute Gasteiger partial charge is 0.258 e. The van der Waals surface area contributed by atoms with Gasteiger partial charge in [-0.15, -0.1) is 22.7 Å². The number of amides is 1. The van der Waals surface area contributed by atoms with E-state index in [-0.39, 0.29) is 5.91 Å². The average Bonchev–Trinajstić information content (AvgIpc) is 3.32. The van der Waals surface area contributed by atoms with Crippen molar-refractivity contribution in [2.75, 3.05) is 26.6 Å². The minimum absolute atomic E-state index is 0.330. The maximum atomic E-state index is 12.7. The third-order valence-corrected chi connectivity index (χ3v) is 5.95. The lowest BCUT2D eigenvalue weighted by Crippen LogP contribution is -2.13. The van der Waals surface area contributed by atoms with E-state index in [1.807, 2.05) is 22.9 Å². The van der Waals surface area contributed by atoms with Crippen molar-refractivity contribution in [1.29, 1.82) is 0 Å². The maximum absolute atomic E-state index is 12.7. The second-order valence-corrected chi connectivity index (χ2v) is 7.57. The number of nitrogens with zero attached hydrogens (tertiary/aromatic N) is 1. The van der Waals surface area contributed by atoms with Crippen molar-refractivity contribution in [1.82, 2.24) is 4.98 Å². The molecular weight excluding hydrogens is 440 g/mol. The van der Waals surface area contributed by atoms with Crippen LogP contribution in [-0.2, 0) is 0 Å². The second-order valence-electron chi connectivity index (χ2n) is 4.98. The number of methoxy groups -OCH3 is 3. The van der Waals surface area contributed by atoms with Crippen LogP contribution in [0, 0.1) is 0 Å². The van der Waals surface area contributed by atoms with Crippen LogP contribution in [0.2, 0.25) is 0 Å². The Labute approximate surface area is 166 Å². The highest BCUT2D eigenvalue weighted by molar-refractivity contribution is 9.10. The fourth-order valence-corrected chi connectivity index (χ4v) is 4.42. The summed E-state index contributed by atoms with van der Waals surface area (Å²) in [5, 5.41) is 7.22. The monoisotopic (exact) mass is 454 g/mol. The third kappa shape index (κ3) is 3.55. The SMILES string of the molecule is COc1cc(C(=O)Nc2nc(-c3cccs3)cs2)c(Br)c(OC)c1OC. The van der Waals surface area contributed by atoms with Crippen LogP contribution in [0.5, 0.6) is 17.2 Å². The van der Waals surface area contributed by atoms with Crippen molar-refractivity contribution in [2.45, 2.75) is 0 Å². The van der Waals surface area contributed by atoms with E-state index in [1.54, 1.807) is 17.4 Å². The molecule has 0 saturated carbocycles. The van der Waals surface area contributed by atoms with Gasteiger partial charge in [0, 0.05) is 5.38 Å². The summed E-state index contributed by atoms with van der Waals surface area (Å²) in [4.78, 5) is 18.3. The van der Waals surface area contributed by atoms with Gasteiger partial charge in [0.15, 0.2) is 16.6 Å². The largest absolute Gasteiger partial charge is 0.493 e. The van der Waals surface area contributed by atoms with E-state index in [4.69, 9.17) is 14.2 Å². The van der Waals surface area contributed by atoms with Crippen LogP contribution in [0.1, 0.15) is 10.4 Å². The number of carbonyl (C=O) groups excluding carboxylic acids is 1. The summed E-state index contributed by atoms with van der Waals surface area (Å²) < 4.78 is 16.5. The summed E-state index contributed by atoms with van der Waals surface area (Å²) in [6, 6.07) is 5.54. The second kappa shape index (κ2) is 8.07. The van der Waals surface area contributed by atoms with Crippen LogP contribution >= 0.6 is 38.6 Å². The molecular formula is C17H15BrN2O4S2. The molecule has 0 unspecified atom stereocenters. The number of halogens is 1. The number of aromatic nitrogens is 1. The summed E-state index contributed by atoms with van der Waals surface area (Å²) in [5.41, 5.74) is 1.19. The third-order valence-electron chi connectivity index (χ3n) is 3.51. The first kappa shape index (κ1) is 18.7. The number of hydrogen-bond acceptors (Lipinski definition) is 7. The van der Waals surface area contributed by atoms with Crippen molar-refractivity contribution in [3.8, 4) is 27.8 Å². The van der Waals surface area contributed by atoms with Gasteiger partial charge in [-0.25, -0.2) is 4.98 Å². The number of ether oxygens (including phenoxy) is 3. The predicted octanol–water partition coefficient (Wildman–Crippen LogP) is 4.91. The van der Waals surface area contributed by atoms with Gasteiger partial charge in [0.2, 0.25) is 5.75 Å². The Morgan fingerprint density at radius 2 is 1.92 bits per heavy atom. The van der Waals surface area contributed by atoms with Crippen LogP contribution < -0.4 is 19.5 Å². The van der Waals surface area contributed by atoms with Gasteiger partial charge >= 0.3 is 0 Å². The molecule has 2 heterocycles. The highest BCUT2D eigenvalue weighted by atomic mass is 79.9. The Balaban J connectivity index is 1.90. The number of rotatable bonds is 6. The molecule has 0 atom stereocenters. The Kier molecular flexibility index (Phi) is 5.80. The summed E-state index contributed by atoms with van der Waals surface area (Å²) >= 11 is 6.37. The van der Waals surface area contributed by atoms with E-state index in [2.05, 4.69) is 26.2 Å². The Morgan fingerprint density at radius 1 is 1.15 bits per heavy atom. The van der Waals surface area contributed by atoms with Gasteiger partial charge in [-0.05, 0) is 33.4 Å². The normalized spacial score (nSPS) is 10.5. The molecule has 0 radical (unpaired) electrons. The van der Waals surface area contributed by atoms with Crippen LogP contribution in [0.3, 0.4) is 0 Å². The molecule has 1 aromatic carbocycles. The van der Waals surface area contributed by atoms with E-state index >= 15 is 0 Å². The molecule has 0 aliphatic rings. The molecule has 0 aliphatic heterocycles. The zero-order valence-corrected chi connectivity index (χ0v) is 17.4. The lowest BCUT2D eigenvalue weighted by molar-refractivity contribution is 0.102. The fraction of sp³-hybridized carbons (Fsp3) is 0.176. The zero-order valence-electron chi connectivity index (χ0n) is 14.2. The van der Waals surface area contributed by atoms with E-state index in [9.17, 15) is 4.79 Å². The standard InChI is InChI=1S/C17H15BrN2O4S2/c1-22-11-7-9(13(18)15(24-3)14(11)23-2)16(21)20-17-19-10(8-26-17)12-5-4-6-25-12/h4-8H,1-3H3,(H,19,20,21). The summed E-state index contributed by atoms with van der Waals surface area (Å²) in [5.74, 6) is 0.863. The molecule has 1 amide bonds. The van der Waals surface area contributed by atoms with E-state index in [0.717, 1.165) is 10.6 Å². The Hall–Kier alpha value is -2.10. The van der Waals surface area contributed by atoms with Crippen LogP contribution in [0.15, 0.2) is 33.4 Å². The number of thiazole rings is 1. The van der Waals surface area contributed by atoms with Crippen molar-refractivity contribution >= 4 is 49.6 Å². The first-order valence-corrected chi connectivity index (χ1v) is 9.93. The zero-order chi connectivity index (χ0) is 18.7. The Morgan fingerprint density at radius 3 is 2.54 bits per heavy atom. The first-order chi connectivity index (χ1) is 12.6. The fourth-order valence-electron chi connectivity index (χ4n) is 2.32. The molecule has 3 aromatic rings. The average molecular weight is 455 g/mol. The number of carbonyl (C=O) groups is 1. The molecule has 0 fully saturated rings. The van der Waals surface area contributed by atoms with Gasteiger partial charge in [-0.2, -0.15) is 0 Å². The molecule has 3 rings (SSSR count). The molecule has 0 bridgehead atoms. The lowest BCUT2D eigenvalue weighted by Gasteiger charge is -2.16. The number of hydrogen-bond donors (Lipinski definition) is 1. The van der Waals surface area contributed by atoms with Crippen molar-refractivity contribution < 1.29 is 19.0 Å².